The van der Waals surface area contributed by atoms with E-state index >= 15 is 0 Å². The second-order valence-electron chi connectivity index (χ2n) is 6.00. The molecule has 0 bridgehead atoms. The van der Waals surface area contributed by atoms with Crippen LogP contribution in [0, 0.1) is 22.7 Å². The van der Waals surface area contributed by atoms with Gasteiger partial charge >= 0.3 is 12.0 Å². The lowest BCUT2D eigenvalue weighted by atomic mass is 9.92. The Hall–Kier alpha value is -4.11. The van der Waals surface area contributed by atoms with E-state index in [0.29, 0.717) is 11.3 Å². The number of nitrogens with zero attached hydrogens (tertiary/aromatic N) is 2. The van der Waals surface area contributed by atoms with E-state index in [1.807, 2.05) is 12.1 Å². The van der Waals surface area contributed by atoms with Crippen LogP contribution in [0.3, 0.4) is 0 Å². The molecule has 2 unspecified atom stereocenters. The molecular weight excluding hydrogens is 362 g/mol. The van der Waals surface area contributed by atoms with Crippen molar-refractivity contribution in [3.05, 3.63) is 54.1 Å². The third kappa shape index (κ3) is 5.44. The van der Waals surface area contributed by atoms with Crippen molar-refractivity contribution in [2.24, 2.45) is 0 Å². The fraction of sp³-hybridized carbons (Fsp3) is 0.211. The van der Waals surface area contributed by atoms with E-state index in [1.54, 1.807) is 18.2 Å². The average Bonchev–Trinajstić information content (AvgIpc) is 2.68. The predicted octanol–water partition coefficient (Wildman–Crippen LogP) is 1.42. The van der Waals surface area contributed by atoms with E-state index in [2.05, 4.69) is 16.0 Å². The van der Waals surface area contributed by atoms with Gasteiger partial charge in [-0.3, -0.25) is 9.59 Å². The van der Waals surface area contributed by atoms with Gasteiger partial charge in [-0.2, -0.15) is 10.5 Å². The number of anilines is 1. The highest BCUT2D eigenvalue weighted by atomic mass is 16.4. The number of carbonyl (C=O) groups is 3. The van der Waals surface area contributed by atoms with Gasteiger partial charge < -0.3 is 21.1 Å². The van der Waals surface area contributed by atoms with Gasteiger partial charge in [0.15, 0.2) is 0 Å². The minimum Gasteiger partial charge on any atom is -0.481 e. The van der Waals surface area contributed by atoms with E-state index in [0.717, 1.165) is 0 Å². The molecule has 9 heteroatoms. The molecule has 0 fully saturated rings. The van der Waals surface area contributed by atoms with E-state index in [9.17, 15) is 19.6 Å². The maximum atomic E-state index is 12.5. The van der Waals surface area contributed by atoms with Crippen molar-refractivity contribution >= 4 is 23.6 Å². The molecular formula is C19H17N5O4. The first-order valence-electron chi connectivity index (χ1n) is 8.24. The molecule has 0 heterocycles. The lowest BCUT2D eigenvalue weighted by molar-refractivity contribution is -0.139. The molecule has 28 heavy (non-hydrogen) atoms. The number of rotatable bonds is 6. The van der Waals surface area contributed by atoms with Gasteiger partial charge in [0.1, 0.15) is 11.6 Å². The Kier molecular flexibility index (Phi) is 6.50. The van der Waals surface area contributed by atoms with Crippen LogP contribution >= 0.6 is 0 Å². The number of benzene rings is 1. The highest BCUT2D eigenvalue weighted by molar-refractivity contribution is 5.95. The van der Waals surface area contributed by atoms with Crippen LogP contribution in [-0.4, -0.2) is 34.6 Å². The second-order valence-corrected chi connectivity index (χ2v) is 6.00. The number of nitriles is 2. The predicted molar refractivity (Wildman–Crippen MR) is 98.7 cm³/mol. The Bertz CT molecular complexity index is 908. The number of aliphatic carboxylic acids is 1. The van der Waals surface area contributed by atoms with Crippen LogP contribution < -0.4 is 16.0 Å². The van der Waals surface area contributed by atoms with Crippen molar-refractivity contribution in [3.63, 3.8) is 0 Å². The Balaban J connectivity index is 2.06. The number of carboxylic acids is 1. The fourth-order valence-corrected chi connectivity index (χ4v) is 2.47. The zero-order valence-electron chi connectivity index (χ0n) is 14.7. The fourth-order valence-electron chi connectivity index (χ4n) is 2.47. The van der Waals surface area contributed by atoms with Crippen LogP contribution in [0.5, 0.6) is 0 Å². The lowest BCUT2D eigenvalue weighted by Gasteiger charge is -2.27. The third-order valence-electron chi connectivity index (χ3n) is 3.89. The van der Waals surface area contributed by atoms with Crippen LogP contribution in [0.4, 0.5) is 10.5 Å². The first-order valence-corrected chi connectivity index (χ1v) is 8.24. The van der Waals surface area contributed by atoms with Gasteiger partial charge in [-0.1, -0.05) is 18.2 Å². The van der Waals surface area contributed by atoms with Crippen LogP contribution in [0.1, 0.15) is 18.4 Å². The Morgan fingerprint density at radius 1 is 1.18 bits per heavy atom. The normalized spacial score (nSPS) is 18.2. The van der Waals surface area contributed by atoms with Crippen molar-refractivity contribution in [3.8, 4) is 12.1 Å². The van der Waals surface area contributed by atoms with Gasteiger partial charge in [-0.05, 0) is 30.3 Å². The summed E-state index contributed by atoms with van der Waals surface area (Å²) in [6.07, 6.45) is 6.08. The van der Waals surface area contributed by atoms with Gasteiger partial charge in [0.05, 0.1) is 24.1 Å². The first-order chi connectivity index (χ1) is 13.4. The third-order valence-corrected chi connectivity index (χ3v) is 3.89. The standard InChI is InChI=1S/C19H17N5O4/c20-11-13-4-6-14(7-5-13)22-18(28)23-15(10-16(25)26)17(27)24-19(12-21)8-2-1-3-9-19/h1-8,15H,9-10H2,(H,24,27)(H,25,26)(H2,22,23,28). The molecule has 1 aliphatic carbocycles. The summed E-state index contributed by atoms with van der Waals surface area (Å²) in [5.41, 5.74) is -0.529. The maximum absolute atomic E-state index is 12.5. The monoisotopic (exact) mass is 379 g/mol. The van der Waals surface area contributed by atoms with Gasteiger partial charge in [0.2, 0.25) is 5.91 Å². The summed E-state index contributed by atoms with van der Waals surface area (Å²) < 4.78 is 0. The zero-order chi connectivity index (χ0) is 20.6. The molecule has 0 saturated carbocycles. The molecule has 1 aromatic carbocycles. The van der Waals surface area contributed by atoms with Crippen LogP contribution in [0.25, 0.3) is 0 Å². The van der Waals surface area contributed by atoms with Gasteiger partial charge in [-0.25, -0.2) is 4.79 Å². The number of urea groups is 1. The summed E-state index contributed by atoms with van der Waals surface area (Å²) in [6.45, 7) is 0. The molecule has 0 aromatic heterocycles. The molecule has 9 nitrogen and oxygen atoms in total. The Morgan fingerprint density at radius 2 is 1.89 bits per heavy atom. The van der Waals surface area contributed by atoms with E-state index in [4.69, 9.17) is 10.4 Å². The summed E-state index contributed by atoms with van der Waals surface area (Å²) in [6, 6.07) is 7.73. The number of nitrogens with one attached hydrogen (secondary N) is 3. The summed E-state index contributed by atoms with van der Waals surface area (Å²) in [4.78, 5) is 35.8. The first kappa shape index (κ1) is 20.2. The number of carboxylic acid groups (broad SMARTS) is 1. The average molecular weight is 379 g/mol. The lowest BCUT2D eigenvalue weighted by Crippen LogP contribution is -2.55. The molecule has 4 N–H and O–H groups in total. The minimum atomic E-state index is -1.39. The smallest absolute Gasteiger partial charge is 0.319 e. The highest BCUT2D eigenvalue weighted by Gasteiger charge is 2.33. The molecule has 0 spiro atoms. The summed E-state index contributed by atoms with van der Waals surface area (Å²) in [7, 11) is 0. The van der Waals surface area contributed by atoms with Gasteiger partial charge in [-0.15, -0.1) is 0 Å². The molecule has 0 aliphatic heterocycles. The van der Waals surface area contributed by atoms with Crippen molar-refractivity contribution in [1.82, 2.24) is 10.6 Å². The van der Waals surface area contributed by atoms with Gasteiger partial charge in [0, 0.05) is 12.1 Å². The summed E-state index contributed by atoms with van der Waals surface area (Å²) in [5.74, 6) is -2.08. The molecule has 2 rings (SSSR count). The number of amides is 3. The topological polar surface area (TPSA) is 155 Å². The van der Waals surface area contributed by atoms with E-state index in [-0.39, 0.29) is 6.42 Å². The molecule has 3 amide bonds. The molecule has 1 aliphatic rings. The van der Waals surface area contributed by atoms with Gasteiger partial charge in [0.25, 0.3) is 0 Å². The molecule has 1 aromatic rings. The SMILES string of the molecule is N#Cc1ccc(NC(=O)NC(CC(=O)O)C(=O)NC2(C#N)C=CC=CC2)cc1. The Labute approximate surface area is 161 Å². The number of carbonyl (C=O) groups excluding carboxylic acids is 2. The summed E-state index contributed by atoms with van der Waals surface area (Å²) >= 11 is 0. The largest absolute Gasteiger partial charge is 0.481 e. The number of allylic oxidation sites excluding steroid dienone is 2. The van der Waals surface area contributed by atoms with Crippen molar-refractivity contribution in [2.45, 2.75) is 24.4 Å². The number of hydrogen-bond acceptors (Lipinski definition) is 5. The van der Waals surface area contributed by atoms with Crippen LogP contribution in [0.15, 0.2) is 48.6 Å². The van der Waals surface area contributed by atoms with Crippen molar-refractivity contribution in [1.29, 1.82) is 10.5 Å². The molecule has 142 valence electrons. The Morgan fingerprint density at radius 3 is 2.43 bits per heavy atom. The second kappa shape index (κ2) is 9.01. The van der Waals surface area contributed by atoms with E-state index < -0.39 is 35.9 Å². The van der Waals surface area contributed by atoms with Crippen molar-refractivity contribution < 1.29 is 19.5 Å². The van der Waals surface area contributed by atoms with Crippen LogP contribution in [-0.2, 0) is 9.59 Å². The summed E-state index contributed by atoms with van der Waals surface area (Å²) in [5, 5.41) is 34.4. The molecule has 0 saturated heterocycles. The van der Waals surface area contributed by atoms with E-state index in [1.165, 1.54) is 30.3 Å². The molecule has 0 radical (unpaired) electrons. The number of hydrogen-bond donors (Lipinski definition) is 4. The zero-order valence-corrected chi connectivity index (χ0v) is 14.7. The van der Waals surface area contributed by atoms with Crippen LogP contribution in [0.2, 0.25) is 0 Å². The van der Waals surface area contributed by atoms with Crippen molar-refractivity contribution in [2.75, 3.05) is 5.32 Å². The quantitative estimate of drug-likeness (QED) is 0.586. The maximum Gasteiger partial charge on any atom is 0.319 e. The molecule has 2 atom stereocenters. The minimum absolute atomic E-state index is 0.225. The highest BCUT2D eigenvalue weighted by Crippen LogP contribution is 2.17.